The van der Waals surface area contributed by atoms with E-state index in [0.29, 0.717) is 17.3 Å². The Labute approximate surface area is 146 Å². The van der Waals surface area contributed by atoms with Gasteiger partial charge in [0.2, 0.25) is 5.91 Å². The van der Waals surface area contributed by atoms with Gasteiger partial charge in [0.05, 0.1) is 23.1 Å². The first kappa shape index (κ1) is 16.6. The van der Waals surface area contributed by atoms with Gasteiger partial charge in [-0.25, -0.2) is 0 Å². The highest BCUT2D eigenvalue weighted by Gasteiger charge is 2.42. The van der Waals surface area contributed by atoms with Crippen molar-refractivity contribution in [3.05, 3.63) is 33.8 Å². The van der Waals surface area contributed by atoms with E-state index in [1.165, 1.54) is 6.07 Å². The molecule has 0 radical (unpaired) electrons. The van der Waals surface area contributed by atoms with Crippen molar-refractivity contribution in [3.63, 3.8) is 0 Å². The first-order valence-electron chi connectivity index (χ1n) is 7.50. The number of imide groups is 1. The van der Waals surface area contributed by atoms with Crippen LogP contribution in [0.3, 0.4) is 0 Å². The molecule has 1 aliphatic carbocycles. The summed E-state index contributed by atoms with van der Waals surface area (Å²) in [4.78, 5) is 48.7. The van der Waals surface area contributed by atoms with Gasteiger partial charge in [0.15, 0.2) is 0 Å². The molecule has 1 fully saturated rings. The molecule has 2 aliphatic rings. The number of fused-ring (bicyclic) bond motifs is 1. The lowest BCUT2D eigenvalue weighted by Gasteiger charge is -2.41. The van der Waals surface area contributed by atoms with E-state index in [-0.39, 0.29) is 17.5 Å². The third-order valence-corrected chi connectivity index (χ3v) is 4.93. The summed E-state index contributed by atoms with van der Waals surface area (Å²) in [6.45, 7) is -0.411. The van der Waals surface area contributed by atoms with Crippen LogP contribution >= 0.6 is 15.9 Å². The molecule has 1 aromatic rings. The highest BCUT2D eigenvalue weighted by atomic mass is 79.9. The lowest BCUT2D eigenvalue weighted by Crippen LogP contribution is -2.57. The minimum Gasteiger partial charge on any atom is -0.481 e. The predicted octanol–water partition coefficient (Wildman–Crippen LogP) is 1.56. The molecule has 3 amide bonds. The van der Waals surface area contributed by atoms with Crippen molar-refractivity contribution in [1.82, 2.24) is 10.2 Å². The lowest BCUT2D eigenvalue weighted by molar-refractivity contribution is -0.140. The number of halogens is 1. The molecule has 7 nitrogen and oxygen atoms in total. The van der Waals surface area contributed by atoms with E-state index in [1.54, 1.807) is 12.1 Å². The van der Waals surface area contributed by atoms with Gasteiger partial charge < -0.3 is 10.4 Å². The molecule has 2 N–H and O–H groups in total. The number of carbonyl (C=O) groups is 4. The van der Waals surface area contributed by atoms with Gasteiger partial charge in [0, 0.05) is 4.47 Å². The summed E-state index contributed by atoms with van der Waals surface area (Å²) in [5, 5.41) is 11.7. The molecule has 0 saturated heterocycles. The quantitative estimate of drug-likeness (QED) is 0.737. The molecule has 1 saturated carbocycles. The topological polar surface area (TPSA) is 104 Å². The number of nitrogens with zero attached hydrogens (tertiary/aromatic N) is 1. The molecule has 126 valence electrons. The van der Waals surface area contributed by atoms with Gasteiger partial charge in [-0.3, -0.25) is 24.1 Å². The van der Waals surface area contributed by atoms with E-state index >= 15 is 0 Å². The fourth-order valence-electron chi connectivity index (χ4n) is 3.12. The molecule has 8 heteroatoms. The minimum absolute atomic E-state index is 0.159. The Hall–Kier alpha value is -2.22. The van der Waals surface area contributed by atoms with Crippen LogP contribution in [0.25, 0.3) is 0 Å². The number of carboxylic acids is 1. The Morgan fingerprint density at radius 3 is 2.46 bits per heavy atom. The number of rotatable bonds is 5. The van der Waals surface area contributed by atoms with Gasteiger partial charge in [-0.1, -0.05) is 15.9 Å². The molecule has 1 aromatic carbocycles. The van der Waals surface area contributed by atoms with E-state index < -0.39 is 35.8 Å². The van der Waals surface area contributed by atoms with Crippen molar-refractivity contribution in [2.75, 3.05) is 6.54 Å². The summed E-state index contributed by atoms with van der Waals surface area (Å²) in [6, 6.07) is 4.74. The van der Waals surface area contributed by atoms with Crippen LogP contribution in [0.15, 0.2) is 22.7 Å². The molecular formula is C16H15BrN2O5. The van der Waals surface area contributed by atoms with E-state index in [2.05, 4.69) is 21.2 Å². The summed E-state index contributed by atoms with van der Waals surface area (Å²) >= 11 is 3.25. The van der Waals surface area contributed by atoms with Gasteiger partial charge in [0.25, 0.3) is 11.8 Å². The van der Waals surface area contributed by atoms with Crippen LogP contribution in [0, 0.1) is 0 Å². The second-order valence-corrected chi connectivity index (χ2v) is 7.05. The third-order valence-electron chi connectivity index (χ3n) is 4.44. The van der Waals surface area contributed by atoms with Crippen LogP contribution in [0.4, 0.5) is 0 Å². The van der Waals surface area contributed by atoms with Gasteiger partial charge >= 0.3 is 5.97 Å². The normalized spacial score (nSPS) is 18.1. The number of benzene rings is 1. The maximum Gasteiger partial charge on any atom is 0.305 e. The summed E-state index contributed by atoms with van der Waals surface area (Å²) in [7, 11) is 0. The number of aliphatic carboxylic acids is 1. The minimum atomic E-state index is -0.986. The van der Waals surface area contributed by atoms with E-state index in [0.717, 1.165) is 11.3 Å². The number of carboxylic acid groups (broad SMARTS) is 1. The van der Waals surface area contributed by atoms with Crippen molar-refractivity contribution in [2.45, 2.75) is 31.2 Å². The van der Waals surface area contributed by atoms with Gasteiger partial charge in [0.1, 0.15) is 6.54 Å². The number of nitrogens with one attached hydrogen (secondary N) is 1. The fraction of sp³-hybridized carbons (Fsp3) is 0.375. The SMILES string of the molecule is O=C(O)CC1(NC(=O)CN2C(=O)c3ccc(Br)cc3C2=O)CCC1. The summed E-state index contributed by atoms with van der Waals surface area (Å²) in [6.07, 6.45) is 1.85. The second-order valence-electron chi connectivity index (χ2n) is 6.14. The van der Waals surface area contributed by atoms with Gasteiger partial charge in [-0.15, -0.1) is 0 Å². The average Bonchev–Trinajstić information content (AvgIpc) is 2.69. The molecule has 1 aliphatic heterocycles. The van der Waals surface area contributed by atoms with Crippen LogP contribution < -0.4 is 5.32 Å². The summed E-state index contributed by atoms with van der Waals surface area (Å²) < 4.78 is 0.670. The largest absolute Gasteiger partial charge is 0.481 e. The zero-order chi connectivity index (χ0) is 17.5. The van der Waals surface area contributed by atoms with Crippen LogP contribution in [0.5, 0.6) is 0 Å². The van der Waals surface area contributed by atoms with Crippen molar-refractivity contribution in [1.29, 1.82) is 0 Å². The first-order chi connectivity index (χ1) is 11.3. The highest BCUT2D eigenvalue weighted by molar-refractivity contribution is 9.10. The monoisotopic (exact) mass is 394 g/mol. The Bertz CT molecular complexity index is 757. The molecule has 0 atom stereocenters. The van der Waals surface area contributed by atoms with Gasteiger partial charge in [-0.2, -0.15) is 0 Å². The predicted molar refractivity (Wildman–Crippen MR) is 86.5 cm³/mol. The summed E-state index contributed by atoms with van der Waals surface area (Å²) in [5.41, 5.74) is -0.240. The molecule has 0 unspecified atom stereocenters. The zero-order valence-electron chi connectivity index (χ0n) is 12.7. The smallest absolute Gasteiger partial charge is 0.305 e. The molecule has 1 heterocycles. The maximum atomic E-state index is 12.3. The Morgan fingerprint density at radius 1 is 1.21 bits per heavy atom. The lowest BCUT2D eigenvalue weighted by atomic mass is 9.74. The second kappa shape index (κ2) is 6.01. The Morgan fingerprint density at radius 2 is 1.88 bits per heavy atom. The van der Waals surface area contributed by atoms with Gasteiger partial charge in [-0.05, 0) is 37.5 Å². The number of hydrogen-bond acceptors (Lipinski definition) is 4. The van der Waals surface area contributed by atoms with Crippen molar-refractivity contribution in [2.24, 2.45) is 0 Å². The third kappa shape index (κ3) is 2.93. The van der Waals surface area contributed by atoms with Crippen LogP contribution in [-0.4, -0.2) is 45.8 Å². The van der Waals surface area contributed by atoms with E-state index in [1.807, 2.05) is 0 Å². The number of amides is 3. The molecule has 3 rings (SSSR count). The number of carbonyl (C=O) groups excluding carboxylic acids is 3. The standard InChI is InChI=1S/C16H15BrN2O5/c17-9-2-3-10-11(6-9)15(24)19(14(10)23)8-12(20)18-16(4-1-5-16)7-13(21)22/h2-3,6H,1,4-5,7-8H2,(H,18,20)(H,21,22). The molecular weight excluding hydrogens is 380 g/mol. The molecule has 0 bridgehead atoms. The van der Waals surface area contributed by atoms with Crippen LogP contribution in [-0.2, 0) is 9.59 Å². The molecule has 24 heavy (non-hydrogen) atoms. The average molecular weight is 395 g/mol. The number of hydrogen-bond donors (Lipinski definition) is 2. The zero-order valence-corrected chi connectivity index (χ0v) is 14.3. The maximum absolute atomic E-state index is 12.3. The molecule has 0 aromatic heterocycles. The van der Waals surface area contributed by atoms with E-state index in [4.69, 9.17) is 5.11 Å². The van der Waals surface area contributed by atoms with E-state index in [9.17, 15) is 19.2 Å². The molecule has 0 spiro atoms. The first-order valence-corrected chi connectivity index (χ1v) is 8.29. The van der Waals surface area contributed by atoms with Crippen LogP contribution in [0.2, 0.25) is 0 Å². The summed E-state index contributed by atoms with van der Waals surface area (Å²) in [5.74, 6) is -2.55. The van der Waals surface area contributed by atoms with Crippen molar-refractivity contribution < 1.29 is 24.3 Å². The highest BCUT2D eigenvalue weighted by Crippen LogP contribution is 2.35. The van der Waals surface area contributed by atoms with Crippen LogP contribution in [0.1, 0.15) is 46.4 Å². The Kier molecular flexibility index (Phi) is 4.16. The fourth-order valence-corrected chi connectivity index (χ4v) is 3.49. The van der Waals surface area contributed by atoms with Crippen molar-refractivity contribution >= 4 is 39.6 Å². The Balaban J connectivity index is 1.70. The van der Waals surface area contributed by atoms with Crippen molar-refractivity contribution in [3.8, 4) is 0 Å².